The van der Waals surface area contributed by atoms with E-state index in [1.54, 1.807) is 0 Å². The summed E-state index contributed by atoms with van der Waals surface area (Å²) in [6.45, 7) is 6.11. The van der Waals surface area contributed by atoms with Gasteiger partial charge in [0.05, 0.1) is 0 Å². The highest BCUT2D eigenvalue weighted by molar-refractivity contribution is 5.86. The molecule has 0 aliphatic carbocycles. The number of carbonyl (C=O) groups excluding carboxylic acids is 1. The van der Waals surface area contributed by atoms with Gasteiger partial charge in [-0.2, -0.15) is 0 Å². The third kappa shape index (κ3) is 3.07. The third-order valence-electron chi connectivity index (χ3n) is 2.85. The lowest BCUT2D eigenvalue weighted by atomic mass is 9.84. The Balaban J connectivity index is 3.19. The maximum Gasteiger partial charge on any atom is 0.242 e. The van der Waals surface area contributed by atoms with E-state index in [9.17, 15) is 4.79 Å². The van der Waals surface area contributed by atoms with Crippen LogP contribution >= 0.6 is 0 Å². The summed E-state index contributed by atoms with van der Waals surface area (Å²) < 4.78 is 0. The highest BCUT2D eigenvalue weighted by Crippen LogP contribution is 2.27. The lowest BCUT2D eigenvalue weighted by Gasteiger charge is -2.34. The molecule has 1 aromatic rings. The zero-order chi connectivity index (χ0) is 12.9. The summed E-state index contributed by atoms with van der Waals surface area (Å²) in [7, 11) is 0. The van der Waals surface area contributed by atoms with Crippen molar-refractivity contribution in [2.75, 3.05) is 0 Å². The Morgan fingerprint density at radius 2 is 1.94 bits per heavy atom. The maximum absolute atomic E-state index is 11.9. The standard InChI is InChI=1S/C14H22N2O/c1-4-10-14(13(15)17,16-11(2)3)12-8-6-5-7-9-12/h5-9,11,16H,4,10H2,1-3H3,(H2,15,17). The summed E-state index contributed by atoms with van der Waals surface area (Å²) in [5, 5.41) is 3.34. The molecule has 94 valence electrons. The molecule has 3 nitrogen and oxygen atoms in total. The molecule has 0 fully saturated rings. The SMILES string of the molecule is CCCC(NC(C)C)(C(N)=O)c1ccccc1. The number of benzene rings is 1. The molecule has 0 aromatic heterocycles. The van der Waals surface area contributed by atoms with Crippen LogP contribution in [0.15, 0.2) is 30.3 Å². The molecule has 1 unspecified atom stereocenters. The lowest BCUT2D eigenvalue weighted by molar-refractivity contribution is -0.125. The Morgan fingerprint density at radius 1 is 1.35 bits per heavy atom. The van der Waals surface area contributed by atoms with Crippen molar-refractivity contribution in [3.8, 4) is 0 Å². The highest BCUT2D eigenvalue weighted by atomic mass is 16.1. The first-order valence-electron chi connectivity index (χ1n) is 6.16. The molecule has 3 N–H and O–H groups in total. The topological polar surface area (TPSA) is 55.1 Å². The van der Waals surface area contributed by atoms with E-state index >= 15 is 0 Å². The van der Waals surface area contributed by atoms with Gasteiger partial charge in [-0.15, -0.1) is 0 Å². The first kappa shape index (κ1) is 13.7. The van der Waals surface area contributed by atoms with Crippen LogP contribution in [0.1, 0.15) is 39.2 Å². The fraction of sp³-hybridized carbons (Fsp3) is 0.500. The van der Waals surface area contributed by atoms with Gasteiger partial charge in [0.25, 0.3) is 0 Å². The molecule has 1 atom stereocenters. The van der Waals surface area contributed by atoms with E-state index in [-0.39, 0.29) is 11.9 Å². The minimum Gasteiger partial charge on any atom is -0.368 e. The fourth-order valence-corrected chi connectivity index (χ4v) is 2.23. The molecule has 0 aliphatic rings. The van der Waals surface area contributed by atoms with Gasteiger partial charge in [0.1, 0.15) is 5.54 Å². The van der Waals surface area contributed by atoms with Gasteiger partial charge >= 0.3 is 0 Å². The zero-order valence-electron chi connectivity index (χ0n) is 10.9. The molecule has 17 heavy (non-hydrogen) atoms. The molecule has 0 saturated carbocycles. The van der Waals surface area contributed by atoms with Crippen molar-refractivity contribution >= 4 is 5.91 Å². The molecule has 0 aliphatic heterocycles. The fourth-order valence-electron chi connectivity index (χ4n) is 2.23. The van der Waals surface area contributed by atoms with Gasteiger partial charge < -0.3 is 5.73 Å². The Labute approximate surface area is 103 Å². The first-order valence-corrected chi connectivity index (χ1v) is 6.16. The summed E-state index contributed by atoms with van der Waals surface area (Å²) in [4.78, 5) is 11.9. The summed E-state index contributed by atoms with van der Waals surface area (Å²) in [5.41, 5.74) is 5.84. The minimum atomic E-state index is -0.746. The van der Waals surface area contributed by atoms with Crippen LogP contribution in [0.2, 0.25) is 0 Å². The molecule has 0 heterocycles. The predicted molar refractivity (Wildman–Crippen MR) is 70.5 cm³/mol. The average molecular weight is 234 g/mol. The van der Waals surface area contributed by atoms with Crippen LogP contribution in [-0.2, 0) is 10.3 Å². The van der Waals surface area contributed by atoms with Crippen LogP contribution in [0.4, 0.5) is 0 Å². The van der Waals surface area contributed by atoms with E-state index in [4.69, 9.17) is 5.73 Å². The van der Waals surface area contributed by atoms with Crippen molar-refractivity contribution in [1.82, 2.24) is 5.32 Å². The van der Waals surface area contributed by atoms with Crippen molar-refractivity contribution < 1.29 is 4.79 Å². The van der Waals surface area contributed by atoms with Crippen LogP contribution in [0, 0.1) is 0 Å². The second-order valence-corrected chi connectivity index (χ2v) is 4.68. The predicted octanol–water partition coefficient (Wildman–Crippen LogP) is 2.17. The van der Waals surface area contributed by atoms with E-state index in [0.717, 1.165) is 12.0 Å². The molecule has 1 amide bonds. The first-order chi connectivity index (χ1) is 8.03. The van der Waals surface area contributed by atoms with Crippen molar-refractivity contribution in [1.29, 1.82) is 0 Å². The van der Waals surface area contributed by atoms with E-state index in [2.05, 4.69) is 12.2 Å². The van der Waals surface area contributed by atoms with Gasteiger partial charge in [-0.3, -0.25) is 10.1 Å². The molecular formula is C14H22N2O. The van der Waals surface area contributed by atoms with Crippen LogP contribution < -0.4 is 11.1 Å². The number of carbonyl (C=O) groups is 1. The number of nitrogens with one attached hydrogen (secondary N) is 1. The maximum atomic E-state index is 11.9. The number of amides is 1. The van der Waals surface area contributed by atoms with Gasteiger partial charge in [0.2, 0.25) is 5.91 Å². The summed E-state index contributed by atoms with van der Waals surface area (Å²) in [6.07, 6.45) is 1.61. The number of primary amides is 1. The molecule has 1 rings (SSSR count). The molecule has 0 saturated heterocycles. The molecule has 0 radical (unpaired) electrons. The van der Waals surface area contributed by atoms with Gasteiger partial charge in [-0.05, 0) is 25.8 Å². The number of hydrogen-bond acceptors (Lipinski definition) is 2. The van der Waals surface area contributed by atoms with Gasteiger partial charge in [0, 0.05) is 6.04 Å². The van der Waals surface area contributed by atoms with Crippen LogP contribution in [0.25, 0.3) is 0 Å². The van der Waals surface area contributed by atoms with Gasteiger partial charge in [-0.25, -0.2) is 0 Å². The van der Waals surface area contributed by atoms with Gasteiger partial charge in [-0.1, -0.05) is 43.7 Å². The van der Waals surface area contributed by atoms with Crippen LogP contribution in [0.5, 0.6) is 0 Å². The summed E-state index contributed by atoms with van der Waals surface area (Å²) in [5.74, 6) is -0.306. The molecule has 0 spiro atoms. The summed E-state index contributed by atoms with van der Waals surface area (Å²) in [6, 6.07) is 9.92. The number of rotatable bonds is 6. The Bertz CT molecular complexity index is 362. The van der Waals surface area contributed by atoms with E-state index in [0.29, 0.717) is 6.42 Å². The third-order valence-corrected chi connectivity index (χ3v) is 2.85. The second kappa shape index (κ2) is 5.82. The van der Waals surface area contributed by atoms with E-state index in [1.165, 1.54) is 0 Å². The Morgan fingerprint density at radius 3 is 2.35 bits per heavy atom. The van der Waals surface area contributed by atoms with Crippen molar-refractivity contribution in [2.24, 2.45) is 5.73 Å². The van der Waals surface area contributed by atoms with Crippen LogP contribution in [0.3, 0.4) is 0 Å². The zero-order valence-corrected chi connectivity index (χ0v) is 10.9. The second-order valence-electron chi connectivity index (χ2n) is 4.68. The number of nitrogens with two attached hydrogens (primary N) is 1. The smallest absolute Gasteiger partial charge is 0.242 e. The van der Waals surface area contributed by atoms with E-state index < -0.39 is 5.54 Å². The average Bonchev–Trinajstić information content (AvgIpc) is 2.28. The van der Waals surface area contributed by atoms with Crippen molar-refractivity contribution in [2.45, 2.75) is 45.2 Å². The quantitative estimate of drug-likeness (QED) is 0.792. The summed E-state index contributed by atoms with van der Waals surface area (Å²) >= 11 is 0. The molecule has 3 heteroatoms. The van der Waals surface area contributed by atoms with Gasteiger partial charge in [0.15, 0.2) is 0 Å². The molecule has 0 bridgehead atoms. The Hall–Kier alpha value is -1.35. The van der Waals surface area contributed by atoms with E-state index in [1.807, 2.05) is 44.2 Å². The Kier molecular flexibility index (Phi) is 4.70. The number of hydrogen-bond donors (Lipinski definition) is 2. The van der Waals surface area contributed by atoms with Crippen molar-refractivity contribution in [3.05, 3.63) is 35.9 Å². The van der Waals surface area contributed by atoms with Crippen molar-refractivity contribution in [3.63, 3.8) is 0 Å². The lowest BCUT2D eigenvalue weighted by Crippen LogP contribution is -2.55. The largest absolute Gasteiger partial charge is 0.368 e. The minimum absolute atomic E-state index is 0.203. The molecule has 1 aromatic carbocycles. The highest BCUT2D eigenvalue weighted by Gasteiger charge is 2.37. The normalized spacial score (nSPS) is 14.6. The van der Waals surface area contributed by atoms with Crippen LogP contribution in [-0.4, -0.2) is 11.9 Å². The molecular weight excluding hydrogens is 212 g/mol. The monoisotopic (exact) mass is 234 g/mol.